The van der Waals surface area contributed by atoms with Crippen LogP contribution in [0, 0.1) is 29.7 Å². The molecule has 0 aliphatic heterocycles. The number of alkyl halides is 2. The van der Waals surface area contributed by atoms with Crippen molar-refractivity contribution in [3.05, 3.63) is 65.2 Å². The molecular formula is C20H16F4N2O3. The number of benzene rings is 1. The number of carbonyl (C=O) groups excluding carboxylic acids is 1. The molecule has 0 heterocycles. The summed E-state index contributed by atoms with van der Waals surface area (Å²) < 4.78 is 57.9. The lowest BCUT2D eigenvalue weighted by Gasteiger charge is -2.15. The quantitative estimate of drug-likeness (QED) is 0.314. The van der Waals surface area contributed by atoms with E-state index in [9.17, 15) is 22.4 Å². The summed E-state index contributed by atoms with van der Waals surface area (Å²) in [6.07, 6.45) is 1.73. The first kappa shape index (κ1) is 20.5. The number of hydrogen-bond donors (Lipinski definition) is 1. The van der Waals surface area contributed by atoms with Crippen LogP contribution in [0.4, 0.5) is 17.6 Å². The topological polar surface area (TPSA) is 59.9 Å². The summed E-state index contributed by atoms with van der Waals surface area (Å²) in [7, 11) is 0. The number of hydrogen-bond acceptors (Lipinski definition) is 4. The monoisotopic (exact) mass is 408 g/mol. The third-order valence-electron chi connectivity index (χ3n) is 4.02. The van der Waals surface area contributed by atoms with Crippen molar-refractivity contribution in [2.24, 2.45) is 11.1 Å². The SMILES string of the molecule is O=C(Cc1cc#ccc1)N/C(=N\OCC1CC1)c1c(OC(F)F)ccc(F)c1F. The lowest BCUT2D eigenvalue weighted by Crippen LogP contribution is -2.34. The van der Waals surface area contributed by atoms with Gasteiger partial charge in [-0.15, -0.1) is 0 Å². The summed E-state index contributed by atoms with van der Waals surface area (Å²) >= 11 is 0. The van der Waals surface area contributed by atoms with Gasteiger partial charge in [-0.05, 0) is 54.7 Å². The van der Waals surface area contributed by atoms with Gasteiger partial charge in [-0.25, -0.2) is 8.78 Å². The normalized spacial score (nSPS) is 13.8. The number of nitrogens with one attached hydrogen (secondary N) is 1. The molecule has 0 radical (unpaired) electrons. The Morgan fingerprint density at radius 3 is 2.69 bits per heavy atom. The van der Waals surface area contributed by atoms with Gasteiger partial charge in [-0.1, -0.05) is 17.3 Å². The van der Waals surface area contributed by atoms with Crippen molar-refractivity contribution in [1.82, 2.24) is 5.32 Å². The van der Waals surface area contributed by atoms with Gasteiger partial charge in [-0.2, -0.15) is 8.78 Å². The van der Waals surface area contributed by atoms with E-state index in [0.717, 1.165) is 18.9 Å². The number of oxime groups is 1. The van der Waals surface area contributed by atoms with Crippen molar-refractivity contribution in [2.45, 2.75) is 25.9 Å². The third-order valence-corrected chi connectivity index (χ3v) is 4.02. The predicted octanol–water partition coefficient (Wildman–Crippen LogP) is 3.61. The average Bonchev–Trinajstić information content (AvgIpc) is 3.49. The fourth-order valence-electron chi connectivity index (χ4n) is 2.42. The van der Waals surface area contributed by atoms with Gasteiger partial charge in [0.05, 0.1) is 6.42 Å². The molecule has 1 N–H and O–H groups in total. The number of rotatable bonds is 8. The van der Waals surface area contributed by atoms with Gasteiger partial charge in [0.1, 0.15) is 17.9 Å². The zero-order valence-electron chi connectivity index (χ0n) is 15.1. The zero-order valence-corrected chi connectivity index (χ0v) is 15.1. The highest BCUT2D eigenvalue weighted by Crippen LogP contribution is 2.29. The van der Waals surface area contributed by atoms with Crippen LogP contribution < -0.4 is 10.1 Å². The third kappa shape index (κ3) is 5.85. The van der Waals surface area contributed by atoms with E-state index in [4.69, 9.17) is 4.84 Å². The van der Waals surface area contributed by atoms with E-state index >= 15 is 0 Å². The standard InChI is InChI=1S/C20H16F4N2O3/c21-14-8-9-15(29-20(23)24)17(18(14)22)19(26-28-11-13-6-7-13)25-16(27)10-12-4-2-1-3-5-12/h2,4-5,8-9,13,20H,6-7,10-11H2,(H,25,26,27). The maximum absolute atomic E-state index is 14.4. The van der Waals surface area contributed by atoms with Crippen LogP contribution in [0.15, 0.2) is 35.5 Å². The molecule has 1 amide bonds. The fourth-order valence-corrected chi connectivity index (χ4v) is 2.42. The number of amidine groups is 1. The first-order chi connectivity index (χ1) is 13.9. The van der Waals surface area contributed by atoms with Gasteiger partial charge >= 0.3 is 6.61 Å². The van der Waals surface area contributed by atoms with E-state index in [-0.39, 0.29) is 18.9 Å². The molecule has 0 unspecified atom stereocenters. The molecule has 1 fully saturated rings. The molecule has 1 aliphatic carbocycles. The average molecular weight is 408 g/mol. The van der Waals surface area contributed by atoms with Crippen LogP contribution >= 0.6 is 0 Å². The Morgan fingerprint density at radius 1 is 1.24 bits per heavy atom. The van der Waals surface area contributed by atoms with Crippen LogP contribution in [-0.4, -0.2) is 25.0 Å². The number of amides is 1. The minimum Gasteiger partial charge on any atom is -0.434 e. The minimum atomic E-state index is -3.29. The largest absolute Gasteiger partial charge is 0.434 e. The Bertz CT molecular complexity index is 887. The molecule has 29 heavy (non-hydrogen) atoms. The molecule has 152 valence electrons. The van der Waals surface area contributed by atoms with Gasteiger partial charge in [0.15, 0.2) is 17.5 Å². The fraction of sp³-hybridized carbons (Fsp3) is 0.300. The summed E-state index contributed by atoms with van der Waals surface area (Å²) in [4.78, 5) is 17.5. The van der Waals surface area contributed by atoms with E-state index in [0.29, 0.717) is 11.6 Å². The molecule has 0 aromatic heterocycles. The van der Waals surface area contributed by atoms with E-state index in [1.165, 1.54) is 6.07 Å². The van der Waals surface area contributed by atoms with Gasteiger partial charge in [0.25, 0.3) is 0 Å². The second-order valence-corrected chi connectivity index (χ2v) is 6.36. The zero-order chi connectivity index (χ0) is 20.8. The van der Waals surface area contributed by atoms with Gasteiger partial charge in [-0.3, -0.25) is 4.79 Å². The van der Waals surface area contributed by atoms with Crippen molar-refractivity contribution in [2.75, 3.05) is 6.61 Å². The van der Waals surface area contributed by atoms with Crippen LogP contribution in [0.1, 0.15) is 24.0 Å². The number of ether oxygens (including phenoxy) is 1. The van der Waals surface area contributed by atoms with Crippen molar-refractivity contribution in [1.29, 1.82) is 0 Å². The Morgan fingerprint density at radius 2 is 2.03 bits per heavy atom. The van der Waals surface area contributed by atoms with Crippen molar-refractivity contribution < 1.29 is 31.9 Å². The Kier molecular flexibility index (Phi) is 6.54. The van der Waals surface area contributed by atoms with E-state index in [1.807, 2.05) is 0 Å². The Hall–Kier alpha value is -3.28. The second kappa shape index (κ2) is 9.28. The molecule has 5 nitrogen and oxygen atoms in total. The minimum absolute atomic E-state index is 0.144. The van der Waals surface area contributed by atoms with Crippen LogP contribution in [0.25, 0.3) is 0 Å². The molecule has 9 heteroatoms. The van der Waals surface area contributed by atoms with E-state index < -0.39 is 41.3 Å². The smallest absolute Gasteiger partial charge is 0.387 e. The molecule has 2 aromatic carbocycles. The highest BCUT2D eigenvalue weighted by Gasteiger charge is 2.26. The summed E-state index contributed by atoms with van der Waals surface area (Å²) in [6.45, 7) is -3.09. The summed E-state index contributed by atoms with van der Waals surface area (Å²) in [5.41, 5.74) is -0.189. The Balaban J connectivity index is 1.88. The van der Waals surface area contributed by atoms with Crippen molar-refractivity contribution >= 4 is 11.7 Å². The van der Waals surface area contributed by atoms with Crippen LogP contribution in [-0.2, 0) is 16.1 Å². The summed E-state index contributed by atoms with van der Waals surface area (Å²) in [5, 5.41) is 5.95. The van der Waals surface area contributed by atoms with E-state index in [2.05, 4.69) is 27.3 Å². The van der Waals surface area contributed by atoms with Crippen molar-refractivity contribution in [3.8, 4) is 5.75 Å². The highest BCUT2D eigenvalue weighted by atomic mass is 19.3. The van der Waals surface area contributed by atoms with Gasteiger partial charge in [0, 0.05) is 0 Å². The van der Waals surface area contributed by atoms with Gasteiger partial charge in [0.2, 0.25) is 5.91 Å². The van der Waals surface area contributed by atoms with E-state index in [1.54, 1.807) is 12.1 Å². The second-order valence-electron chi connectivity index (χ2n) is 6.36. The summed E-state index contributed by atoms with van der Waals surface area (Å²) in [6, 6.07) is 11.5. The molecule has 0 spiro atoms. The molecule has 0 bridgehead atoms. The van der Waals surface area contributed by atoms with Gasteiger partial charge < -0.3 is 14.9 Å². The molecule has 0 saturated heterocycles. The first-order valence-corrected chi connectivity index (χ1v) is 8.73. The summed E-state index contributed by atoms with van der Waals surface area (Å²) in [5.74, 6) is -4.44. The van der Waals surface area contributed by atoms with Crippen LogP contribution in [0.3, 0.4) is 0 Å². The number of nitrogens with zero attached hydrogens (tertiary/aromatic N) is 1. The van der Waals surface area contributed by atoms with Crippen molar-refractivity contribution in [3.63, 3.8) is 0 Å². The van der Waals surface area contributed by atoms with Crippen LogP contribution in [0.2, 0.25) is 0 Å². The molecule has 1 aliphatic rings. The molecular weight excluding hydrogens is 392 g/mol. The Labute approximate surface area is 164 Å². The number of carbonyl (C=O) groups is 1. The number of halogens is 4. The maximum atomic E-state index is 14.4. The predicted molar refractivity (Wildman–Crippen MR) is 94.2 cm³/mol. The molecule has 0 atom stereocenters. The highest BCUT2D eigenvalue weighted by molar-refractivity contribution is 6.09. The van der Waals surface area contributed by atoms with Crippen LogP contribution in [0.5, 0.6) is 5.75 Å². The first-order valence-electron chi connectivity index (χ1n) is 8.73. The lowest BCUT2D eigenvalue weighted by atomic mass is 10.1. The molecule has 3 rings (SSSR count). The maximum Gasteiger partial charge on any atom is 0.387 e. The molecule has 2 aromatic rings. The lowest BCUT2D eigenvalue weighted by molar-refractivity contribution is -0.119. The molecule has 1 saturated carbocycles.